The summed E-state index contributed by atoms with van der Waals surface area (Å²) in [5.74, 6) is -0.259. The monoisotopic (exact) mass is 229 g/mol. The van der Waals surface area contributed by atoms with Gasteiger partial charge in [0.05, 0.1) is 12.7 Å². The number of nitrogens with one attached hydrogen (secondary N) is 2. The van der Waals surface area contributed by atoms with Gasteiger partial charge in [0.2, 0.25) is 5.95 Å². The van der Waals surface area contributed by atoms with E-state index < -0.39 is 11.9 Å². The number of anilines is 2. The molecular formula is C8H12FN5O2. The summed E-state index contributed by atoms with van der Waals surface area (Å²) < 4.78 is 17.6. The molecule has 0 saturated heterocycles. The van der Waals surface area contributed by atoms with E-state index in [0.29, 0.717) is 5.95 Å². The molecule has 1 aromatic heterocycles. The standard InChI is InChI=1S/C8H12FN5O2/c1-11-8-13-4-5(9)6(14-8)12-2-3-16-7(10)15/h4H,2-3H2,1H3,(H2,10,15)(H2,11,12,13,14). The van der Waals surface area contributed by atoms with Gasteiger partial charge in [-0.25, -0.2) is 14.2 Å². The van der Waals surface area contributed by atoms with Crippen molar-refractivity contribution in [3.8, 4) is 0 Å². The summed E-state index contributed by atoms with van der Waals surface area (Å²) in [6.45, 7) is 0.244. The topological polar surface area (TPSA) is 102 Å². The molecule has 8 heteroatoms. The summed E-state index contributed by atoms with van der Waals surface area (Å²) in [5, 5.41) is 5.31. The SMILES string of the molecule is CNc1ncc(F)c(NCCOC(N)=O)n1. The van der Waals surface area contributed by atoms with Crippen molar-refractivity contribution in [1.29, 1.82) is 0 Å². The lowest BCUT2D eigenvalue weighted by Crippen LogP contribution is -2.19. The lowest BCUT2D eigenvalue weighted by Gasteiger charge is -2.07. The van der Waals surface area contributed by atoms with Crippen LogP contribution in [-0.2, 0) is 4.74 Å². The minimum Gasteiger partial charge on any atom is -0.448 e. The lowest BCUT2D eigenvalue weighted by atomic mass is 10.5. The van der Waals surface area contributed by atoms with Crippen molar-refractivity contribution in [2.75, 3.05) is 30.8 Å². The Morgan fingerprint density at radius 2 is 2.44 bits per heavy atom. The van der Waals surface area contributed by atoms with Crippen molar-refractivity contribution in [2.24, 2.45) is 5.73 Å². The molecule has 1 aromatic rings. The van der Waals surface area contributed by atoms with Crippen LogP contribution in [0.25, 0.3) is 0 Å². The first-order chi connectivity index (χ1) is 7.63. The average molecular weight is 229 g/mol. The lowest BCUT2D eigenvalue weighted by molar-refractivity contribution is 0.161. The van der Waals surface area contributed by atoms with E-state index in [9.17, 15) is 9.18 Å². The van der Waals surface area contributed by atoms with Gasteiger partial charge in [0, 0.05) is 7.05 Å². The molecule has 0 aliphatic rings. The van der Waals surface area contributed by atoms with Crippen LogP contribution in [0.4, 0.5) is 21.0 Å². The zero-order valence-corrected chi connectivity index (χ0v) is 8.66. The molecule has 88 valence electrons. The van der Waals surface area contributed by atoms with Crippen LogP contribution in [0, 0.1) is 5.82 Å². The highest BCUT2D eigenvalue weighted by molar-refractivity contribution is 5.64. The zero-order chi connectivity index (χ0) is 12.0. The second-order valence-corrected chi connectivity index (χ2v) is 2.73. The number of carbonyl (C=O) groups excluding carboxylic acids is 1. The maximum Gasteiger partial charge on any atom is 0.404 e. The Labute approximate surface area is 91.2 Å². The number of hydrogen-bond donors (Lipinski definition) is 3. The van der Waals surface area contributed by atoms with Gasteiger partial charge in [-0.2, -0.15) is 4.98 Å². The molecule has 0 bridgehead atoms. The first-order valence-electron chi connectivity index (χ1n) is 4.50. The largest absolute Gasteiger partial charge is 0.448 e. The Morgan fingerprint density at radius 3 is 3.06 bits per heavy atom. The summed E-state index contributed by atoms with van der Waals surface area (Å²) >= 11 is 0. The molecule has 0 aliphatic heterocycles. The van der Waals surface area contributed by atoms with E-state index in [0.717, 1.165) is 6.20 Å². The van der Waals surface area contributed by atoms with Gasteiger partial charge in [0.25, 0.3) is 0 Å². The van der Waals surface area contributed by atoms with Crippen LogP contribution in [0.15, 0.2) is 6.20 Å². The Morgan fingerprint density at radius 1 is 1.69 bits per heavy atom. The number of ether oxygens (including phenoxy) is 1. The third-order valence-corrected chi connectivity index (χ3v) is 1.61. The third-order valence-electron chi connectivity index (χ3n) is 1.61. The highest BCUT2D eigenvalue weighted by atomic mass is 19.1. The van der Waals surface area contributed by atoms with Crippen LogP contribution >= 0.6 is 0 Å². The van der Waals surface area contributed by atoms with Crippen molar-refractivity contribution in [2.45, 2.75) is 0 Å². The molecular weight excluding hydrogens is 217 g/mol. The molecule has 1 heterocycles. The number of aromatic nitrogens is 2. The second-order valence-electron chi connectivity index (χ2n) is 2.73. The molecule has 0 aliphatic carbocycles. The van der Waals surface area contributed by atoms with Crippen LogP contribution in [0.3, 0.4) is 0 Å². The van der Waals surface area contributed by atoms with Crippen molar-refractivity contribution in [3.05, 3.63) is 12.0 Å². The normalized spacial score (nSPS) is 9.62. The van der Waals surface area contributed by atoms with E-state index >= 15 is 0 Å². The first-order valence-corrected chi connectivity index (χ1v) is 4.50. The predicted octanol–water partition coefficient (Wildman–Crippen LogP) is 0.165. The van der Waals surface area contributed by atoms with Gasteiger partial charge in [-0.05, 0) is 0 Å². The molecule has 0 unspecified atom stereocenters. The number of hydrogen-bond acceptors (Lipinski definition) is 6. The fourth-order valence-corrected chi connectivity index (χ4v) is 0.933. The molecule has 16 heavy (non-hydrogen) atoms. The van der Waals surface area contributed by atoms with E-state index in [-0.39, 0.29) is 19.0 Å². The van der Waals surface area contributed by atoms with Crippen molar-refractivity contribution >= 4 is 17.9 Å². The van der Waals surface area contributed by atoms with Gasteiger partial charge < -0.3 is 21.1 Å². The number of halogens is 1. The van der Waals surface area contributed by atoms with E-state index in [2.05, 4.69) is 25.3 Å². The molecule has 1 amide bonds. The minimum absolute atomic E-state index is 0.0346. The van der Waals surface area contributed by atoms with Crippen LogP contribution in [-0.4, -0.2) is 36.3 Å². The highest BCUT2D eigenvalue weighted by Crippen LogP contribution is 2.10. The smallest absolute Gasteiger partial charge is 0.404 e. The highest BCUT2D eigenvalue weighted by Gasteiger charge is 2.05. The number of nitrogens with zero attached hydrogens (tertiary/aromatic N) is 2. The Balaban J connectivity index is 2.49. The van der Waals surface area contributed by atoms with Crippen LogP contribution < -0.4 is 16.4 Å². The van der Waals surface area contributed by atoms with Crippen molar-refractivity contribution in [3.63, 3.8) is 0 Å². The quantitative estimate of drug-likeness (QED) is 0.622. The van der Waals surface area contributed by atoms with Crippen molar-refractivity contribution < 1.29 is 13.9 Å². The number of amides is 1. The van der Waals surface area contributed by atoms with Crippen LogP contribution in [0.1, 0.15) is 0 Å². The summed E-state index contributed by atoms with van der Waals surface area (Å²) in [5.41, 5.74) is 4.75. The Kier molecular flexibility index (Phi) is 4.25. The fourth-order valence-electron chi connectivity index (χ4n) is 0.933. The molecule has 0 spiro atoms. The van der Waals surface area contributed by atoms with E-state index in [1.165, 1.54) is 0 Å². The first kappa shape index (κ1) is 12.0. The summed E-state index contributed by atoms with van der Waals surface area (Å²) in [6, 6.07) is 0. The second kappa shape index (κ2) is 5.69. The molecule has 1 rings (SSSR count). The number of rotatable bonds is 5. The van der Waals surface area contributed by atoms with Crippen LogP contribution in [0.2, 0.25) is 0 Å². The molecule has 0 radical (unpaired) electrons. The van der Waals surface area contributed by atoms with Gasteiger partial charge >= 0.3 is 6.09 Å². The maximum atomic E-state index is 13.1. The minimum atomic E-state index is -0.874. The van der Waals surface area contributed by atoms with E-state index in [1.54, 1.807) is 7.05 Å². The number of nitrogens with two attached hydrogens (primary N) is 1. The molecule has 0 aromatic carbocycles. The van der Waals surface area contributed by atoms with Crippen LogP contribution in [0.5, 0.6) is 0 Å². The number of primary amides is 1. The van der Waals surface area contributed by atoms with E-state index in [1.807, 2.05) is 0 Å². The molecule has 0 fully saturated rings. The molecule has 0 atom stereocenters. The molecule has 0 saturated carbocycles. The Bertz CT molecular complexity index is 373. The molecule has 7 nitrogen and oxygen atoms in total. The van der Waals surface area contributed by atoms with Gasteiger partial charge in [-0.15, -0.1) is 0 Å². The van der Waals surface area contributed by atoms with Gasteiger partial charge in [0.1, 0.15) is 6.61 Å². The maximum absolute atomic E-state index is 13.1. The summed E-state index contributed by atoms with van der Waals surface area (Å²) in [7, 11) is 1.62. The fraction of sp³-hybridized carbons (Fsp3) is 0.375. The number of carbonyl (C=O) groups is 1. The zero-order valence-electron chi connectivity index (χ0n) is 8.66. The van der Waals surface area contributed by atoms with Crippen molar-refractivity contribution in [1.82, 2.24) is 9.97 Å². The Hall–Kier alpha value is -2.12. The van der Waals surface area contributed by atoms with Gasteiger partial charge in [-0.1, -0.05) is 0 Å². The summed E-state index contributed by atoms with van der Waals surface area (Å²) in [4.78, 5) is 17.7. The average Bonchev–Trinajstić information content (AvgIpc) is 2.26. The van der Waals surface area contributed by atoms with E-state index in [4.69, 9.17) is 5.73 Å². The predicted molar refractivity (Wildman–Crippen MR) is 55.6 cm³/mol. The molecule has 4 N–H and O–H groups in total. The summed E-state index contributed by atoms with van der Waals surface area (Å²) in [6.07, 6.45) is 0.164. The third kappa shape index (κ3) is 3.56. The van der Waals surface area contributed by atoms with Gasteiger partial charge in [0.15, 0.2) is 11.6 Å². The van der Waals surface area contributed by atoms with Gasteiger partial charge in [-0.3, -0.25) is 0 Å².